The van der Waals surface area contributed by atoms with Gasteiger partial charge >= 0.3 is 0 Å². The van der Waals surface area contributed by atoms with Crippen LogP contribution >= 0.6 is 0 Å². The van der Waals surface area contributed by atoms with Gasteiger partial charge in [0.25, 0.3) is 0 Å². The van der Waals surface area contributed by atoms with Crippen molar-refractivity contribution in [1.82, 2.24) is 15.3 Å². The fraction of sp³-hybridized carbons (Fsp3) is 0.450. The molecule has 0 bridgehead atoms. The number of nitrogens with one attached hydrogen (secondary N) is 1. The third-order valence-electron chi connectivity index (χ3n) is 5.36. The van der Waals surface area contributed by atoms with Gasteiger partial charge in [0.2, 0.25) is 11.9 Å². The zero-order chi connectivity index (χ0) is 18.8. The van der Waals surface area contributed by atoms with E-state index >= 15 is 0 Å². The number of anilines is 1. The second-order valence-electron chi connectivity index (χ2n) is 7.23. The number of nitrogens with zero attached hydrogens (tertiary/aromatic N) is 3. The maximum atomic E-state index is 13.7. The van der Waals surface area contributed by atoms with E-state index in [9.17, 15) is 13.6 Å². The van der Waals surface area contributed by atoms with Crippen LogP contribution in [0.2, 0.25) is 0 Å². The summed E-state index contributed by atoms with van der Waals surface area (Å²) in [5, 5.41) is 2.73. The van der Waals surface area contributed by atoms with Crippen LogP contribution in [-0.4, -0.2) is 29.0 Å². The average Bonchev–Trinajstić information content (AvgIpc) is 3.22. The van der Waals surface area contributed by atoms with Gasteiger partial charge < -0.3 is 10.2 Å². The quantitative estimate of drug-likeness (QED) is 0.897. The van der Waals surface area contributed by atoms with E-state index in [0.29, 0.717) is 12.8 Å². The highest BCUT2D eigenvalue weighted by Crippen LogP contribution is 2.26. The minimum Gasteiger partial charge on any atom is -0.352 e. The number of benzene rings is 1. The normalized spacial score (nSPS) is 19.0. The van der Waals surface area contributed by atoms with E-state index in [4.69, 9.17) is 4.98 Å². The van der Waals surface area contributed by atoms with Crippen LogP contribution in [0, 0.1) is 17.6 Å². The molecule has 142 valence electrons. The van der Waals surface area contributed by atoms with Crippen molar-refractivity contribution >= 4 is 11.9 Å². The number of carbonyl (C=O) groups excluding carboxylic acids is 1. The van der Waals surface area contributed by atoms with Crippen molar-refractivity contribution in [2.75, 3.05) is 18.0 Å². The van der Waals surface area contributed by atoms with Gasteiger partial charge in [0.15, 0.2) is 0 Å². The molecule has 2 heterocycles. The minimum atomic E-state index is -0.520. The third kappa shape index (κ3) is 3.91. The summed E-state index contributed by atoms with van der Waals surface area (Å²) in [7, 11) is 0. The highest BCUT2D eigenvalue weighted by atomic mass is 19.1. The van der Waals surface area contributed by atoms with Crippen LogP contribution in [0.3, 0.4) is 0 Å². The van der Waals surface area contributed by atoms with Gasteiger partial charge in [0, 0.05) is 43.0 Å². The predicted octanol–water partition coefficient (Wildman–Crippen LogP) is 2.78. The maximum absolute atomic E-state index is 13.7. The topological polar surface area (TPSA) is 58.1 Å². The van der Waals surface area contributed by atoms with Crippen molar-refractivity contribution in [2.24, 2.45) is 5.92 Å². The monoisotopic (exact) mass is 372 g/mol. The van der Waals surface area contributed by atoms with Gasteiger partial charge in [0.05, 0.1) is 0 Å². The smallest absolute Gasteiger partial charge is 0.225 e. The van der Waals surface area contributed by atoms with Crippen molar-refractivity contribution in [3.63, 3.8) is 0 Å². The Bertz CT molecular complexity index is 852. The fourth-order valence-electron chi connectivity index (χ4n) is 3.80. The molecule has 1 saturated heterocycles. The molecule has 1 fully saturated rings. The number of amides is 1. The highest BCUT2D eigenvalue weighted by Gasteiger charge is 2.27. The summed E-state index contributed by atoms with van der Waals surface area (Å²) in [6, 6.07) is 3.25. The summed E-state index contributed by atoms with van der Waals surface area (Å²) >= 11 is 0. The molecule has 5 nitrogen and oxygen atoms in total. The molecule has 2 aliphatic rings. The molecular formula is C20H22F2N4O. The van der Waals surface area contributed by atoms with E-state index in [1.54, 1.807) is 0 Å². The first kappa shape index (κ1) is 17.8. The van der Waals surface area contributed by atoms with Gasteiger partial charge in [-0.25, -0.2) is 18.7 Å². The molecule has 0 saturated carbocycles. The van der Waals surface area contributed by atoms with E-state index in [2.05, 4.69) is 15.2 Å². The number of halogens is 2. The van der Waals surface area contributed by atoms with E-state index in [1.807, 2.05) is 6.20 Å². The SMILES string of the molecule is O=C(NCc1cc(F)ccc1F)[C@@H]1CCc2nc(N3CCCC3)ncc2C1. The molecule has 1 aromatic heterocycles. The Morgan fingerprint density at radius 1 is 1.26 bits per heavy atom. The number of hydrogen-bond donors (Lipinski definition) is 1. The summed E-state index contributed by atoms with van der Waals surface area (Å²) in [6.45, 7) is 1.98. The molecule has 1 atom stereocenters. The molecule has 0 spiro atoms. The van der Waals surface area contributed by atoms with Crippen LogP contribution in [0.1, 0.15) is 36.1 Å². The minimum absolute atomic E-state index is 0.0177. The van der Waals surface area contributed by atoms with Crippen LogP contribution < -0.4 is 10.2 Å². The standard InChI is InChI=1S/C20H22F2N4O/c21-16-4-5-17(22)14(10-16)11-23-19(27)13-3-6-18-15(9-13)12-24-20(25-18)26-7-1-2-8-26/h4-5,10,12-13H,1-3,6-9,11H2,(H,23,27)/t13-/m1/s1. The van der Waals surface area contributed by atoms with Crippen LogP contribution in [0.5, 0.6) is 0 Å². The zero-order valence-corrected chi connectivity index (χ0v) is 15.0. The molecule has 1 amide bonds. The van der Waals surface area contributed by atoms with E-state index in [1.165, 1.54) is 12.8 Å². The molecule has 1 N–H and O–H groups in total. The Balaban J connectivity index is 1.38. The molecular weight excluding hydrogens is 350 g/mol. The van der Waals surface area contributed by atoms with E-state index in [0.717, 1.165) is 54.9 Å². The first-order valence-electron chi connectivity index (χ1n) is 9.41. The van der Waals surface area contributed by atoms with E-state index < -0.39 is 11.6 Å². The second-order valence-corrected chi connectivity index (χ2v) is 7.23. The second kappa shape index (κ2) is 7.58. The number of hydrogen-bond acceptors (Lipinski definition) is 4. The first-order chi connectivity index (χ1) is 13.1. The van der Waals surface area contributed by atoms with Crippen LogP contribution in [0.15, 0.2) is 24.4 Å². The van der Waals surface area contributed by atoms with Gasteiger partial charge in [0.1, 0.15) is 11.6 Å². The largest absolute Gasteiger partial charge is 0.352 e. The molecule has 27 heavy (non-hydrogen) atoms. The number of fused-ring (bicyclic) bond motifs is 1. The van der Waals surface area contributed by atoms with Crippen LogP contribution in [0.4, 0.5) is 14.7 Å². The van der Waals surface area contributed by atoms with Crippen molar-refractivity contribution in [3.8, 4) is 0 Å². The first-order valence-corrected chi connectivity index (χ1v) is 9.41. The number of aryl methyl sites for hydroxylation is 1. The molecule has 7 heteroatoms. The van der Waals surface area contributed by atoms with Gasteiger partial charge in [-0.05, 0) is 55.9 Å². The lowest BCUT2D eigenvalue weighted by Gasteiger charge is -2.24. The molecule has 2 aromatic rings. The summed E-state index contributed by atoms with van der Waals surface area (Å²) in [5.41, 5.74) is 2.17. The predicted molar refractivity (Wildman–Crippen MR) is 97.2 cm³/mol. The third-order valence-corrected chi connectivity index (χ3v) is 5.36. The fourth-order valence-corrected chi connectivity index (χ4v) is 3.80. The van der Waals surface area contributed by atoms with Gasteiger partial charge in [-0.3, -0.25) is 4.79 Å². The van der Waals surface area contributed by atoms with Crippen molar-refractivity contribution in [2.45, 2.75) is 38.6 Å². The van der Waals surface area contributed by atoms with Crippen molar-refractivity contribution in [3.05, 3.63) is 52.9 Å². The van der Waals surface area contributed by atoms with Crippen molar-refractivity contribution < 1.29 is 13.6 Å². The lowest BCUT2D eigenvalue weighted by Crippen LogP contribution is -2.34. The van der Waals surface area contributed by atoms with Gasteiger partial charge in [-0.2, -0.15) is 0 Å². The molecule has 1 aromatic carbocycles. The number of carbonyl (C=O) groups is 1. The van der Waals surface area contributed by atoms with E-state index in [-0.39, 0.29) is 23.9 Å². The summed E-state index contributed by atoms with van der Waals surface area (Å²) < 4.78 is 26.9. The summed E-state index contributed by atoms with van der Waals surface area (Å²) in [4.78, 5) is 23.8. The van der Waals surface area contributed by atoms with Crippen LogP contribution in [-0.2, 0) is 24.2 Å². The molecule has 0 unspecified atom stereocenters. The lowest BCUT2D eigenvalue weighted by atomic mass is 9.86. The van der Waals surface area contributed by atoms with Gasteiger partial charge in [-0.1, -0.05) is 0 Å². The summed E-state index contributed by atoms with van der Waals surface area (Å²) in [5.74, 6) is -0.592. The Kier molecular flexibility index (Phi) is 5.01. The summed E-state index contributed by atoms with van der Waals surface area (Å²) in [6.07, 6.45) is 6.18. The molecule has 1 aliphatic carbocycles. The Morgan fingerprint density at radius 3 is 2.89 bits per heavy atom. The lowest BCUT2D eigenvalue weighted by molar-refractivity contribution is -0.125. The highest BCUT2D eigenvalue weighted by molar-refractivity contribution is 5.79. The maximum Gasteiger partial charge on any atom is 0.225 e. The molecule has 4 rings (SSSR count). The Morgan fingerprint density at radius 2 is 2.07 bits per heavy atom. The van der Waals surface area contributed by atoms with Crippen molar-refractivity contribution in [1.29, 1.82) is 0 Å². The zero-order valence-electron chi connectivity index (χ0n) is 15.0. The Labute approximate surface area is 156 Å². The molecule has 1 aliphatic heterocycles. The average molecular weight is 372 g/mol. The van der Waals surface area contributed by atoms with Crippen LogP contribution in [0.25, 0.3) is 0 Å². The number of aromatic nitrogens is 2. The Hall–Kier alpha value is -2.57. The number of rotatable bonds is 4. The van der Waals surface area contributed by atoms with Gasteiger partial charge in [-0.15, -0.1) is 0 Å². The molecule has 0 radical (unpaired) electrons.